The molecule has 2 aromatic rings. The van der Waals surface area contributed by atoms with Gasteiger partial charge in [-0.2, -0.15) is 0 Å². The van der Waals surface area contributed by atoms with Crippen LogP contribution >= 0.6 is 0 Å². The van der Waals surface area contributed by atoms with Crippen LogP contribution in [0.5, 0.6) is 11.5 Å². The van der Waals surface area contributed by atoms with Gasteiger partial charge >= 0.3 is 0 Å². The Labute approximate surface area is 155 Å². The van der Waals surface area contributed by atoms with E-state index in [1.54, 1.807) is 6.07 Å². The Kier molecular flexibility index (Phi) is 8.38. The number of aliphatic hydroxyl groups is 1. The Morgan fingerprint density at radius 3 is 2.62 bits per heavy atom. The van der Waals surface area contributed by atoms with Gasteiger partial charge in [-0.15, -0.1) is 0 Å². The summed E-state index contributed by atoms with van der Waals surface area (Å²) in [6.45, 7) is 0.282. The van der Waals surface area contributed by atoms with E-state index in [2.05, 4.69) is 0 Å². The number of halogens is 1. The molecule has 0 bridgehead atoms. The Balaban J connectivity index is 1.91. The Morgan fingerprint density at radius 2 is 1.85 bits per heavy atom. The summed E-state index contributed by atoms with van der Waals surface area (Å²) < 4.78 is 23.0. The van der Waals surface area contributed by atoms with Crippen molar-refractivity contribution in [3.63, 3.8) is 0 Å². The molecule has 26 heavy (non-hydrogen) atoms. The highest BCUT2D eigenvalue weighted by Crippen LogP contribution is 2.22. The molecule has 0 aliphatic heterocycles. The van der Waals surface area contributed by atoms with E-state index < -0.39 is 13.0 Å². The Hall–Kier alpha value is -2.11. The molecule has 142 valence electrons. The van der Waals surface area contributed by atoms with E-state index in [-0.39, 0.29) is 6.61 Å². The van der Waals surface area contributed by atoms with Gasteiger partial charge in [-0.05, 0) is 62.7 Å². The Bertz CT molecular complexity index is 663. The lowest BCUT2D eigenvalue weighted by Crippen LogP contribution is -2.24. The molecule has 5 heteroatoms. The van der Waals surface area contributed by atoms with Gasteiger partial charge in [0.15, 0.2) is 0 Å². The lowest BCUT2D eigenvalue weighted by atomic mass is 10.0. The zero-order valence-corrected chi connectivity index (χ0v) is 15.5. The van der Waals surface area contributed by atoms with Crippen LogP contribution in [0.1, 0.15) is 17.5 Å². The number of aryl methyl sites for hydroxylation is 2. The topological polar surface area (TPSA) is 41.9 Å². The van der Waals surface area contributed by atoms with Crippen molar-refractivity contribution in [2.45, 2.75) is 25.4 Å². The predicted molar refractivity (Wildman–Crippen MR) is 102 cm³/mol. The van der Waals surface area contributed by atoms with Crippen LogP contribution in [-0.2, 0) is 12.8 Å². The SMILES string of the molecule is CN(C)CCC(O)COc1ccccc1CCc1cccc(OCF)c1. The van der Waals surface area contributed by atoms with Crippen LogP contribution in [0.15, 0.2) is 48.5 Å². The first-order valence-corrected chi connectivity index (χ1v) is 8.89. The van der Waals surface area contributed by atoms with Gasteiger partial charge in [-0.25, -0.2) is 4.39 Å². The maximum absolute atomic E-state index is 12.3. The standard InChI is InChI=1S/C21H28FNO3/c1-23(2)13-12-19(24)15-25-21-9-4-3-7-18(21)11-10-17-6-5-8-20(14-17)26-16-22/h3-9,14,19,24H,10-13,15-16H2,1-2H3. The molecule has 0 aliphatic rings. The summed E-state index contributed by atoms with van der Waals surface area (Å²) in [6.07, 6.45) is 1.78. The number of hydrogen-bond acceptors (Lipinski definition) is 4. The highest BCUT2D eigenvalue weighted by atomic mass is 19.1. The molecule has 1 N–H and O–H groups in total. The minimum atomic E-state index is -0.823. The average molecular weight is 361 g/mol. The van der Waals surface area contributed by atoms with Gasteiger partial charge in [0, 0.05) is 6.54 Å². The number of nitrogens with zero attached hydrogens (tertiary/aromatic N) is 1. The van der Waals surface area contributed by atoms with Crippen molar-refractivity contribution in [1.29, 1.82) is 0 Å². The van der Waals surface area contributed by atoms with Crippen molar-refractivity contribution >= 4 is 0 Å². The Morgan fingerprint density at radius 1 is 1.04 bits per heavy atom. The minimum Gasteiger partial charge on any atom is -0.491 e. The molecule has 1 unspecified atom stereocenters. The first kappa shape index (κ1) is 20.2. The summed E-state index contributed by atoms with van der Waals surface area (Å²) in [6, 6.07) is 15.3. The summed E-state index contributed by atoms with van der Waals surface area (Å²) in [7, 11) is 3.97. The van der Waals surface area contributed by atoms with Gasteiger partial charge in [-0.1, -0.05) is 30.3 Å². The van der Waals surface area contributed by atoms with Gasteiger partial charge in [0.1, 0.15) is 18.1 Å². The molecule has 0 fully saturated rings. The molecule has 0 saturated carbocycles. The number of alkyl halides is 1. The number of hydrogen-bond donors (Lipinski definition) is 1. The third-order valence-corrected chi connectivity index (χ3v) is 4.12. The van der Waals surface area contributed by atoms with Crippen LogP contribution in [0.3, 0.4) is 0 Å². The van der Waals surface area contributed by atoms with E-state index in [4.69, 9.17) is 9.47 Å². The molecule has 0 radical (unpaired) electrons. The van der Waals surface area contributed by atoms with Gasteiger partial charge in [-0.3, -0.25) is 0 Å². The smallest absolute Gasteiger partial charge is 0.228 e. The summed E-state index contributed by atoms with van der Waals surface area (Å²) in [5.41, 5.74) is 2.17. The lowest BCUT2D eigenvalue weighted by Gasteiger charge is -2.17. The molecule has 2 aromatic carbocycles. The molecule has 0 aromatic heterocycles. The van der Waals surface area contributed by atoms with Crippen molar-refractivity contribution in [3.05, 3.63) is 59.7 Å². The van der Waals surface area contributed by atoms with E-state index in [9.17, 15) is 9.50 Å². The van der Waals surface area contributed by atoms with Crippen molar-refractivity contribution in [3.8, 4) is 11.5 Å². The van der Waals surface area contributed by atoms with Gasteiger partial charge in [0.2, 0.25) is 6.86 Å². The monoisotopic (exact) mass is 361 g/mol. The molecule has 4 nitrogen and oxygen atoms in total. The first-order chi connectivity index (χ1) is 12.6. The molecular weight excluding hydrogens is 333 g/mol. The van der Waals surface area contributed by atoms with E-state index in [0.717, 1.165) is 36.3 Å². The van der Waals surface area contributed by atoms with E-state index >= 15 is 0 Å². The van der Waals surface area contributed by atoms with E-state index in [1.165, 1.54) is 0 Å². The van der Waals surface area contributed by atoms with Crippen LogP contribution in [0.25, 0.3) is 0 Å². The largest absolute Gasteiger partial charge is 0.491 e. The fraction of sp³-hybridized carbons (Fsp3) is 0.429. The number of aliphatic hydroxyl groups excluding tert-OH is 1. The number of rotatable bonds is 11. The second-order valence-electron chi connectivity index (χ2n) is 6.57. The zero-order chi connectivity index (χ0) is 18.8. The maximum Gasteiger partial charge on any atom is 0.228 e. The van der Waals surface area contributed by atoms with Crippen LogP contribution in [0.2, 0.25) is 0 Å². The summed E-state index contributed by atoms with van der Waals surface area (Å²) >= 11 is 0. The van der Waals surface area contributed by atoms with Crippen molar-refractivity contribution in [2.24, 2.45) is 0 Å². The zero-order valence-electron chi connectivity index (χ0n) is 15.5. The summed E-state index contributed by atoms with van der Waals surface area (Å²) in [4.78, 5) is 2.04. The normalized spacial score (nSPS) is 12.2. The number of benzene rings is 2. The van der Waals surface area contributed by atoms with Gasteiger partial charge in [0.05, 0.1) is 6.10 Å². The highest BCUT2D eigenvalue weighted by molar-refractivity contribution is 5.35. The predicted octanol–water partition coefficient (Wildman–Crippen LogP) is 3.47. The molecule has 2 rings (SSSR count). The van der Waals surface area contributed by atoms with Crippen molar-refractivity contribution < 1.29 is 19.0 Å². The van der Waals surface area contributed by atoms with E-state index in [1.807, 2.05) is 61.5 Å². The van der Waals surface area contributed by atoms with Crippen LogP contribution in [0.4, 0.5) is 4.39 Å². The first-order valence-electron chi connectivity index (χ1n) is 8.89. The molecule has 0 amide bonds. The highest BCUT2D eigenvalue weighted by Gasteiger charge is 2.09. The lowest BCUT2D eigenvalue weighted by molar-refractivity contribution is 0.0925. The van der Waals surface area contributed by atoms with Crippen molar-refractivity contribution in [1.82, 2.24) is 4.90 Å². The molecular formula is C21H28FNO3. The second-order valence-corrected chi connectivity index (χ2v) is 6.57. The van der Waals surface area contributed by atoms with Crippen LogP contribution in [0, 0.1) is 0 Å². The summed E-state index contributed by atoms with van der Waals surface area (Å²) in [5.74, 6) is 1.34. The van der Waals surface area contributed by atoms with Crippen LogP contribution in [-0.4, -0.2) is 50.2 Å². The average Bonchev–Trinajstić information content (AvgIpc) is 2.64. The fourth-order valence-corrected chi connectivity index (χ4v) is 2.66. The quantitative estimate of drug-likeness (QED) is 0.665. The van der Waals surface area contributed by atoms with E-state index in [0.29, 0.717) is 12.2 Å². The number of para-hydroxylation sites is 1. The molecule has 1 atom stereocenters. The molecule has 0 aliphatic carbocycles. The van der Waals surface area contributed by atoms with Crippen molar-refractivity contribution in [2.75, 3.05) is 34.1 Å². The van der Waals surface area contributed by atoms with Gasteiger partial charge in [0.25, 0.3) is 0 Å². The number of ether oxygens (including phenoxy) is 2. The molecule has 0 heterocycles. The fourth-order valence-electron chi connectivity index (χ4n) is 2.66. The third kappa shape index (κ3) is 7.02. The van der Waals surface area contributed by atoms with Crippen LogP contribution < -0.4 is 9.47 Å². The molecule has 0 spiro atoms. The minimum absolute atomic E-state index is 0.282. The second kappa shape index (κ2) is 10.8. The summed E-state index contributed by atoms with van der Waals surface area (Å²) in [5, 5.41) is 10.0. The maximum atomic E-state index is 12.3. The molecule has 0 saturated heterocycles. The third-order valence-electron chi connectivity index (χ3n) is 4.12. The van der Waals surface area contributed by atoms with Gasteiger partial charge < -0.3 is 19.5 Å².